The molecule has 0 aliphatic rings. The molecule has 0 saturated heterocycles. The Morgan fingerprint density at radius 1 is 0.750 bits per heavy atom. The molecule has 0 amide bonds. The Bertz CT molecular complexity index is 1120. The number of aliphatic hydroxyl groups excluding tert-OH is 1. The SMILES string of the molecule is CN(CCOCCOCCO)c1ccc(-c2c3ccccc3[n+](C)c3ccccc23)cc1. The zero-order valence-corrected chi connectivity index (χ0v) is 18.8. The number of benzene rings is 3. The molecule has 0 unspecified atom stereocenters. The van der Waals surface area contributed by atoms with Crippen LogP contribution in [0.4, 0.5) is 5.69 Å². The number of ether oxygens (including phenoxy) is 2. The van der Waals surface area contributed by atoms with Gasteiger partial charge in [0.2, 0.25) is 11.0 Å². The van der Waals surface area contributed by atoms with Gasteiger partial charge in [-0.25, -0.2) is 0 Å². The first kappa shape index (κ1) is 22.2. The summed E-state index contributed by atoms with van der Waals surface area (Å²) in [5.41, 5.74) is 6.09. The van der Waals surface area contributed by atoms with E-state index in [9.17, 15) is 0 Å². The summed E-state index contributed by atoms with van der Waals surface area (Å²) in [6.07, 6.45) is 0. The van der Waals surface area contributed by atoms with Gasteiger partial charge in [-0.15, -0.1) is 0 Å². The summed E-state index contributed by atoms with van der Waals surface area (Å²) >= 11 is 0. The molecule has 5 heteroatoms. The van der Waals surface area contributed by atoms with Crippen molar-refractivity contribution in [3.05, 3.63) is 72.8 Å². The lowest BCUT2D eigenvalue weighted by molar-refractivity contribution is -0.617. The topological polar surface area (TPSA) is 45.8 Å². The molecule has 0 aliphatic carbocycles. The Balaban J connectivity index is 1.54. The van der Waals surface area contributed by atoms with Crippen molar-refractivity contribution in [3.8, 4) is 11.1 Å². The molecule has 0 bridgehead atoms. The third kappa shape index (κ3) is 4.75. The van der Waals surface area contributed by atoms with Crippen LogP contribution in [0.15, 0.2) is 72.8 Å². The molecule has 3 aromatic carbocycles. The zero-order chi connectivity index (χ0) is 22.3. The molecule has 32 heavy (non-hydrogen) atoms. The van der Waals surface area contributed by atoms with Crippen LogP contribution in [0.1, 0.15) is 0 Å². The van der Waals surface area contributed by atoms with E-state index in [-0.39, 0.29) is 6.61 Å². The van der Waals surface area contributed by atoms with E-state index >= 15 is 0 Å². The van der Waals surface area contributed by atoms with Crippen LogP contribution >= 0.6 is 0 Å². The maximum absolute atomic E-state index is 8.70. The molecule has 0 aliphatic heterocycles. The second-order valence-electron chi connectivity index (χ2n) is 7.89. The number of pyridine rings is 1. The van der Waals surface area contributed by atoms with E-state index in [1.54, 1.807) is 0 Å². The maximum Gasteiger partial charge on any atom is 0.213 e. The van der Waals surface area contributed by atoms with Gasteiger partial charge in [-0.05, 0) is 29.8 Å². The van der Waals surface area contributed by atoms with Gasteiger partial charge in [0.1, 0.15) is 7.05 Å². The third-order valence-electron chi connectivity index (χ3n) is 5.84. The quantitative estimate of drug-likeness (QED) is 0.235. The first-order valence-electron chi connectivity index (χ1n) is 11.1. The van der Waals surface area contributed by atoms with Crippen molar-refractivity contribution in [2.24, 2.45) is 7.05 Å². The van der Waals surface area contributed by atoms with Crippen LogP contribution in [0.25, 0.3) is 32.9 Å². The smallest absolute Gasteiger partial charge is 0.213 e. The molecular formula is C27H31N2O3+. The minimum absolute atomic E-state index is 0.0474. The number of anilines is 1. The van der Waals surface area contributed by atoms with Crippen molar-refractivity contribution >= 4 is 27.5 Å². The van der Waals surface area contributed by atoms with E-state index in [1.807, 2.05) is 0 Å². The second-order valence-corrected chi connectivity index (χ2v) is 7.89. The fourth-order valence-corrected chi connectivity index (χ4v) is 4.14. The highest BCUT2D eigenvalue weighted by Gasteiger charge is 2.18. The summed E-state index contributed by atoms with van der Waals surface area (Å²) in [4.78, 5) is 2.19. The van der Waals surface area contributed by atoms with E-state index in [0.29, 0.717) is 26.4 Å². The van der Waals surface area contributed by atoms with Crippen LogP contribution in [-0.4, -0.2) is 51.7 Å². The standard InChI is InChI=1S/C27H31N2O3/c1-28(15-17-31-19-20-32-18-16-30)22-13-11-21(12-14-22)27-23-7-3-5-9-25(23)29(2)26-10-6-4-8-24(26)27/h3-14,30H,15-20H2,1-2H3/q+1. The first-order valence-corrected chi connectivity index (χ1v) is 11.1. The molecule has 4 aromatic rings. The van der Waals surface area contributed by atoms with Crippen molar-refractivity contribution < 1.29 is 19.1 Å². The highest BCUT2D eigenvalue weighted by atomic mass is 16.5. The molecule has 0 saturated carbocycles. The Morgan fingerprint density at radius 2 is 1.31 bits per heavy atom. The largest absolute Gasteiger partial charge is 0.394 e. The van der Waals surface area contributed by atoms with Crippen molar-refractivity contribution in [3.63, 3.8) is 0 Å². The predicted octanol–water partition coefficient (Wildman–Crippen LogP) is 3.95. The van der Waals surface area contributed by atoms with Gasteiger partial charge in [0.15, 0.2) is 0 Å². The highest BCUT2D eigenvalue weighted by molar-refractivity contribution is 6.07. The van der Waals surface area contributed by atoms with Gasteiger partial charge in [0.05, 0.1) is 43.8 Å². The molecule has 166 valence electrons. The summed E-state index contributed by atoms with van der Waals surface area (Å²) in [5, 5.41) is 11.2. The minimum atomic E-state index is 0.0474. The lowest BCUT2D eigenvalue weighted by Gasteiger charge is -2.20. The zero-order valence-electron chi connectivity index (χ0n) is 18.8. The number of para-hydroxylation sites is 2. The molecular weight excluding hydrogens is 400 g/mol. The minimum Gasteiger partial charge on any atom is -0.394 e. The number of aromatic nitrogens is 1. The van der Waals surface area contributed by atoms with E-state index in [1.165, 1.54) is 32.9 Å². The third-order valence-corrected chi connectivity index (χ3v) is 5.84. The summed E-state index contributed by atoms with van der Waals surface area (Å²) in [7, 11) is 4.21. The number of rotatable bonds is 10. The van der Waals surface area contributed by atoms with Gasteiger partial charge < -0.3 is 19.5 Å². The number of aliphatic hydroxyl groups is 1. The van der Waals surface area contributed by atoms with Gasteiger partial charge >= 0.3 is 0 Å². The van der Waals surface area contributed by atoms with Gasteiger partial charge in [0, 0.05) is 37.0 Å². The Hall–Kier alpha value is -2.99. The molecule has 0 radical (unpaired) electrons. The lowest BCUT2D eigenvalue weighted by atomic mass is 9.95. The first-order chi connectivity index (χ1) is 15.7. The molecule has 5 nitrogen and oxygen atoms in total. The van der Waals surface area contributed by atoms with Crippen LogP contribution in [0.2, 0.25) is 0 Å². The number of hydrogen-bond donors (Lipinski definition) is 1. The number of hydrogen-bond acceptors (Lipinski definition) is 4. The summed E-state index contributed by atoms with van der Waals surface area (Å²) < 4.78 is 13.1. The molecule has 1 N–H and O–H groups in total. The average Bonchev–Trinajstić information content (AvgIpc) is 2.84. The van der Waals surface area contributed by atoms with Crippen molar-refractivity contribution in [2.45, 2.75) is 0 Å². The molecule has 4 rings (SSSR count). The Labute approximate surface area is 189 Å². The highest BCUT2D eigenvalue weighted by Crippen LogP contribution is 2.34. The van der Waals surface area contributed by atoms with Gasteiger partial charge in [-0.3, -0.25) is 0 Å². The fourth-order valence-electron chi connectivity index (χ4n) is 4.14. The number of fused-ring (bicyclic) bond motifs is 2. The Morgan fingerprint density at radius 3 is 1.91 bits per heavy atom. The van der Waals surface area contributed by atoms with Crippen molar-refractivity contribution in [2.75, 3.05) is 51.5 Å². The maximum atomic E-state index is 8.70. The molecule has 1 aromatic heterocycles. The average molecular weight is 432 g/mol. The number of likely N-dealkylation sites (N-methyl/N-ethyl adjacent to an activating group) is 1. The Kier molecular flexibility index (Phi) is 7.32. The van der Waals surface area contributed by atoms with Crippen molar-refractivity contribution in [1.82, 2.24) is 0 Å². The van der Waals surface area contributed by atoms with Crippen LogP contribution in [0.5, 0.6) is 0 Å². The van der Waals surface area contributed by atoms with Crippen molar-refractivity contribution in [1.29, 1.82) is 0 Å². The monoisotopic (exact) mass is 431 g/mol. The van der Waals surface area contributed by atoms with E-state index in [0.717, 1.165) is 12.2 Å². The predicted molar refractivity (Wildman–Crippen MR) is 130 cm³/mol. The summed E-state index contributed by atoms with van der Waals surface area (Å²) in [5.74, 6) is 0. The number of nitrogens with zero attached hydrogens (tertiary/aromatic N) is 2. The van der Waals surface area contributed by atoms with Crippen LogP contribution in [-0.2, 0) is 16.5 Å². The van der Waals surface area contributed by atoms with E-state index in [4.69, 9.17) is 14.6 Å². The van der Waals surface area contributed by atoms with E-state index < -0.39 is 0 Å². The summed E-state index contributed by atoms with van der Waals surface area (Å²) in [6.45, 7) is 2.89. The van der Waals surface area contributed by atoms with Crippen LogP contribution in [0, 0.1) is 0 Å². The van der Waals surface area contributed by atoms with E-state index in [2.05, 4.69) is 96.4 Å². The van der Waals surface area contributed by atoms with Gasteiger partial charge in [0.25, 0.3) is 0 Å². The van der Waals surface area contributed by atoms with Gasteiger partial charge in [-0.1, -0.05) is 36.4 Å². The lowest BCUT2D eigenvalue weighted by Crippen LogP contribution is -2.30. The summed E-state index contributed by atoms with van der Waals surface area (Å²) in [6, 6.07) is 26.0. The second kappa shape index (κ2) is 10.6. The molecule has 0 atom stereocenters. The normalized spacial score (nSPS) is 11.3. The molecule has 0 spiro atoms. The van der Waals surface area contributed by atoms with Crippen LogP contribution < -0.4 is 9.47 Å². The van der Waals surface area contributed by atoms with Crippen LogP contribution in [0.3, 0.4) is 0 Å². The fraction of sp³-hybridized carbons (Fsp3) is 0.296. The van der Waals surface area contributed by atoms with Gasteiger partial charge in [-0.2, -0.15) is 4.57 Å². The molecule has 1 heterocycles. The molecule has 0 fully saturated rings. The number of aryl methyl sites for hydroxylation is 1.